The summed E-state index contributed by atoms with van der Waals surface area (Å²) in [7, 11) is -1.76. The van der Waals surface area contributed by atoms with Gasteiger partial charge in [0.05, 0.1) is 0 Å². The summed E-state index contributed by atoms with van der Waals surface area (Å²) in [4.78, 5) is 0. The van der Waals surface area contributed by atoms with Crippen LogP contribution in [0.3, 0.4) is 0 Å². The molecule has 0 aromatic heterocycles. The molecule has 1 nitrogen and oxygen atoms in total. The average molecular weight is 295 g/mol. The van der Waals surface area contributed by atoms with E-state index in [0.29, 0.717) is 18.6 Å². The van der Waals surface area contributed by atoms with E-state index < -0.39 is 8.32 Å². The van der Waals surface area contributed by atoms with Crippen LogP contribution in [0.15, 0.2) is 12.1 Å². The summed E-state index contributed by atoms with van der Waals surface area (Å²) >= 11 is 5.73. The molecule has 0 fully saturated rings. The van der Waals surface area contributed by atoms with E-state index in [2.05, 4.69) is 39.9 Å². The second-order valence-corrected chi connectivity index (χ2v) is 11.2. The van der Waals surface area contributed by atoms with E-state index >= 15 is 0 Å². The number of benzene rings is 1. The van der Waals surface area contributed by atoms with Gasteiger partial charge in [0, 0.05) is 12.4 Å². The maximum atomic E-state index is 13.6. The van der Waals surface area contributed by atoms with Gasteiger partial charge in [-0.2, -0.15) is 12.1 Å². The molecule has 0 bridgehead atoms. The van der Waals surface area contributed by atoms with Crippen molar-refractivity contribution in [3.8, 4) is 0 Å². The maximum Gasteiger partial charge on any atom is 1.00 e. The molecule has 0 atom stereocenters. The molecule has 102 valence electrons. The van der Waals surface area contributed by atoms with Gasteiger partial charge in [0.1, 0.15) is 0 Å². The van der Waals surface area contributed by atoms with E-state index in [0.717, 1.165) is 0 Å². The molecule has 19 heavy (non-hydrogen) atoms. The molecule has 0 unspecified atom stereocenters. The second kappa shape index (κ2) is 7.29. The molecule has 0 amide bonds. The topological polar surface area (TPSA) is 9.23 Å². The number of rotatable bonds is 4. The zero-order valence-corrected chi connectivity index (χ0v) is 14.5. The van der Waals surface area contributed by atoms with Crippen LogP contribution in [-0.4, -0.2) is 14.9 Å². The summed E-state index contributed by atoms with van der Waals surface area (Å²) in [5.74, 6) is -0.377. The van der Waals surface area contributed by atoms with E-state index in [1.54, 1.807) is 6.07 Å². The Morgan fingerprint density at radius 2 is 1.95 bits per heavy atom. The van der Waals surface area contributed by atoms with Crippen LogP contribution in [0.2, 0.25) is 23.2 Å². The Kier molecular flexibility index (Phi) is 7.37. The molecular weight excluding hydrogens is 274 g/mol. The summed E-state index contributed by atoms with van der Waals surface area (Å²) in [5.41, 5.74) is 0.501. The number of hydrogen-bond acceptors (Lipinski definition) is 1. The van der Waals surface area contributed by atoms with Crippen molar-refractivity contribution in [3.05, 3.63) is 34.6 Å². The molecule has 0 aliphatic rings. The Morgan fingerprint density at radius 1 is 1.37 bits per heavy atom. The first kappa shape index (κ1) is 19.2. The van der Waals surface area contributed by atoms with Crippen molar-refractivity contribution < 1.29 is 27.7 Å². The van der Waals surface area contributed by atoms with Gasteiger partial charge in [-0.15, -0.1) is 23.2 Å². The van der Waals surface area contributed by atoms with Crippen LogP contribution in [0.1, 0.15) is 26.3 Å². The van der Waals surface area contributed by atoms with Gasteiger partial charge < -0.3 is 4.43 Å². The summed E-state index contributed by atoms with van der Waals surface area (Å²) in [6, 6.07) is 6.03. The molecule has 0 radical (unpaired) electrons. The normalized spacial score (nSPS) is 12.2. The quantitative estimate of drug-likeness (QED) is 0.608. The first-order valence-electron chi connectivity index (χ1n) is 6.14. The van der Waals surface area contributed by atoms with Crippen LogP contribution in [-0.2, 0) is 10.8 Å². The number of hydrogen-bond donors (Lipinski definition) is 0. The Labute approximate surface area is 134 Å². The fourth-order valence-electron chi connectivity index (χ4n) is 1.30. The SMILES string of the molecule is CC(C)(C)[Si](C)(C)OCCc1[c-]ccc(Cl)c1F.[Li+]. The van der Waals surface area contributed by atoms with Gasteiger partial charge in [0.15, 0.2) is 8.32 Å². The minimum absolute atomic E-state index is 0. The van der Waals surface area contributed by atoms with Crippen LogP contribution in [0.25, 0.3) is 0 Å². The Morgan fingerprint density at radius 3 is 2.47 bits per heavy atom. The van der Waals surface area contributed by atoms with Gasteiger partial charge in [0.2, 0.25) is 0 Å². The van der Waals surface area contributed by atoms with Gasteiger partial charge >= 0.3 is 18.9 Å². The van der Waals surface area contributed by atoms with E-state index in [1.165, 1.54) is 6.07 Å². The van der Waals surface area contributed by atoms with Crippen molar-refractivity contribution in [2.75, 3.05) is 6.61 Å². The summed E-state index contributed by atoms with van der Waals surface area (Å²) < 4.78 is 19.6. The fourth-order valence-corrected chi connectivity index (χ4v) is 2.53. The fraction of sp³-hybridized carbons (Fsp3) is 0.571. The zero-order valence-electron chi connectivity index (χ0n) is 12.7. The predicted molar refractivity (Wildman–Crippen MR) is 77.1 cm³/mol. The largest absolute Gasteiger partial charge is 1.00 e. The van der Waals surface area contributed by atoms with Crippen LogP contribution in [0, 0.1) is 11.9 Å². The molecule has 0 heterocycles. The molecule has 0 aliphatic heterocycles. The molecule has 0 aliphatic carbocycles. The standard InChI is InChI=1S/C14H21ClFOSi.Li/c1-14(2,3)18(4,5)17-10-9-11-7-6-8-12(15)13(11)16;/h6,8H,9-10H2,1-5H3;/q-1;+1. The first-order chi connectivity index (χ1) is 8.15. The molecule has 0 saturated carbocycles. The van der Waals surface area contributed by atoms with Crippen LogP contribution < -0.4 is 18.9 Å². The third-order valence-electron chi connectivity index (χ3n) is 3.58. The van der Waals surface area contributed by atoms with E-state index in [1.807, 2.05) is 0 Å². The Bertz CT molecular complexity index is 418. The summed E-state index contributed by atoms with van der Waals surface area (Å²) in [6.45, 7) is 11.4. The predicted octanol–water partition coefficient (Wildman–Crippen LogP) is 1.85. The van der Waals surface area contributed by atoms with E-state index in [-0.39, 0.29) is 34.7 Å². The van der Waals surface area contributed by atoms with Gasteiger partial charge in [-0.25, -0.2) is 0 Å². The van der Waals surface area contributed by atoms with Crippen molar-refractivity contribution in [2.45, 2.75) is 45.3 Å². The van der Waals surface area contributed by atoms with Gasteiger partial charge in [-0.05, 0) is 29.6 Å². The van der Waals surface area contributed by atoms with Crippen molar-refractivity contribution in [2.24, 2.45) is 0 Å². The third-order valence-corrected chi connectivity index (χ3v) is 8.41. The molecule has 1 aromatic rings. The molecular formula is C14H21ClFLiOSi. The van der Waals surface area contributed by atoms with E-state index in [4.69, 9.17) is 16.0 Å². The molecule has 0 N–H and O–H groups in total. The van der Waals surface area contributed by atoms with Gasteiger partial charge in [-0.3, -0.25) is 4.39 Å². The van der Waals surface area contributed by atoms with Gasteiger partial charge in [-0.1, -0.05) is 20.8 Å². The minimum atomic E-state index is -1.76. The smallest absolute Gasteiger partial charge is 0.417 e. The van der Waals surface area contributed by atoms with Crippen molar-refractivity contribution in [3.63, 3.8) is 0 Å². The molecule has 0 spiro atoms. The molecule has 0 saturated heterocycles. The maximum absolute atomic E-state index is 13.6. The summed E-state index contributed by atoms with van der Waals surface area (Å²) in [6.07, 6.45) is 0.513. The first-order valence-corrected chi connectivity index (χ1v) is 9.42. The monoisotopic (exact) mass is 294 g/mol. The molecule has 5 heteroatoms. The molecule has 1 aromatic carbocycles. The Hall–Kier alpha value is 0.214. The van der Waals surface area contributed by atoms with Crippen molar-refractivity contribution in [1.29, 1.82) is 0 Å². The Balaban J connectivity index is 0.00000324. The third kappa shape index (κ3) is 5.25. The summed E-state index contributed by atoms with van der Waals surface area (Å²) in [5, 5.41) is 0.319. The average Bonchev–Trinajstić information content (AvgIpc) is 2.22. The van der Waals surface area contributed by atoms with Crippen LogP contribution in [0.4, 0.5) is 4.39 Å². The number of halogens is 2. The van der Waals surface area contributed by atoms with Crippen LogP contribution >= 0.6 is 11.6 Å². The van der Waals surface area contributed by atoms with Crippen molar-refractivity contribution >= 4 is 19.9 Å². The van der Waals surface area contributed by atoms with Crippen LogP contribution in [0.5, 0.6) is 0 Å². The van der Waals surface area contributed by atoms with Crippen molar-refractivity contribution in [1.82, 2.24) is 0 Å². The zero-order chi connectivity index (χ0) is 14.0. The molecule has 1 rings (SSSR count). The van der Waals surface area contributed by atoms with E-state index in [9.17, 15) is 4.39 Å². The van der Waals surface area contributed by atoms with Gasteiger partial charge in [0.25, 0.3) is 0 Å². The second-order valence-electron chi connectivity index (χ2n) is 5.98. The minimum Gasteiger partial charge on any atom is -0.417 e.